The molecule has 332 valence electrons. The molecular formula is C45H65N3O12. The second-order valence-corrected chi connectivity index (χ2v) is 14.7. The van der Waals surface area contributed by atoms with Gasteiger partial charge in [-0.15, -0.1) is 0 Å². The number of benzene rings is 2. The Hall–Kier alpha value is -4.25. The molecule has 0 aliphatic carbocycles. The summed E-state index contributed by atoms with van der Waals surface area (Å²) in [7, 11) is 0. The molecule has 1 atom stereocenters. The molecule has 1 fully saturated rings. The van der Waals surface area contributed by atoms with E-state index in [0.29, 0.717) is 92.3 Å². The molecule has 2 aromatic carbocycles. The molecule has 0 aromatic heterocycles. The van der Waals surface area contributed by atoms with E-state index in [0.717, 1.165) is 29.9 Å². The number of anilines is 1. The molecule has 1 unspecified atom stereocenters. The number of carbonyl (C=O) groups is 5. The molecule has 0 saturated carbocycles. The van der Waals surface area contributed by atoms with E-state index < -0.39 is 29.7 Å². The molecule has 60 heavy (non-hydrogen) atoms. The van der Waals surface area contributed by atoms with Crippen LogP contribution in [0, 0.1) is 0 Å². The van der Waals surface area contributed by atoms with Crippen LogP contribution >= 0.6 is 0 Å². The van der Waals surface area contributed by atoms with Gasteiger partial charge in [-0.1, -0.05) is 63.6 Å². The van der Waals surface area contributed by atoms with E-state index in [-0.39, 0.29) is 42.0 Å². The predicted octanol–water partition coefficient (Wildman–Crippen LogP) is 5.67. The number of ether oxygens (including phenoxy) is 7. The van der Waals surface area contributed by atoms with Crippen molar-refractivity contribution in [3.8, 4) is 5.75 Å². The maximum Gasteiger partial charge on any atom is 0.264 e. The molecule has 15 heteroatoms. The van der Waals surface area contributed by atoms with Crippen molar-refractivity contribution >= 4 is 35.2 Å². The largest absolute Gasteiger partial charge is 0.491 e. The molecule has 5 amide bonds. The highest BCUT2D eigenvalue weighted by molar-refractivity contribution is 6.26. The van der Waals surface area contributed by atoms with Gasteiger partial charge in [0.2, 0.25) is 17.7 Å². The van der Waals surface area contributed by atoms with Gasteiger partial charge in [0, 0.05) is 19.4 Å². The first-order valence-corrected chi connectivity index (χ1v) is 21.7. The number of fused-ring (bicyclic) bond motifs is 1. The van der Waals surface area contributed by atoms with Gasteiger partial charge in [0.05, 0.1) is 89.5 Å². The summed E-state index contributed by atoms with van der Waals surface area (Å²) in [6.45, 7) is 8.54. The maximum atomic E-state index is 13.2. The third-order valence-electron chi connectivity index (χ3n) is 10.0. The van der Waals surface area contributed by atoms with Gasteiger partial charge in [0.25, 0.3) is 11.8 Å². The van der Waals surface area contributed by atoms with Crippen LogP contribution in [0.4, 0.5) is 5.69 Å². The molecule has 2 N–H and O–H groups in total. The number of imide groups is 2. The van der Waals surface area contributed by atoms with E-state index in [1.54, 1.807) is 12.1 Å². The number of carbonyl (C=O) groups excluding carboxylic acids is 5. The van der Waals surface area contributed by atoms with E-state index in [1.165, 1.54) is 50.2 Å². The van der Waals surface area contributed by atoms with Crippen molar-refractivity contribution in [3.63, 3.8) is 0 Å². The van der Waals surface area contributed by atoms with Crippen LogP contribution in [0.3, 0.4) is 0 Å². The number of aryl methyl sites for hydroxylation is 1. The molecule has 2 aromatic rings. The Kier molecular flexibility index (Phi) is 23.5. The highest BCUT2D eigenvalue weighted by Crippen LogP contribution is 2.32. The third-order valence-corrected chi connectivity index (χ3v) is 10.0. The average molecular weight is 840 g/mol. The lowest BCUT2D eigenvalue weighted by atomic mass is 10.0. The molecule has 15 nitrogen and oxygen atoms in total. The molecule has 2 aliphatic heterocycles. The zero-order valence-electron chi connectivity index (χ0n) is 35.3. The molecule has 0 bridgehead atoms. The Morgan fingerprint density at radius 1 is 0.650 bits per heavy atom. The van der Waals surface area contributed by atoms with Gasteiger partial charge in [-0.3, -0.25) is 34.2 Å². The van der Waals surface area contributed by atoms with Crippen molar-refractivity contribution in [1.29, 1.82) is 0 Å². The van der Waals surface area contributed by atoms with Crippen molar-refractivity contribution in [2.75, 3.05) is 91.2 Å². The smallest absolute Gasteiger partial charge is 0.264 e. The molecule has 1 saturated heterocycles. The van der Waals surface area contributed by atoms with Gasteiger partial charge in [0.1, 0.15) is 18.4 Å². The van der Waals surface area contributed by atoms with E-state index in [4.69, 9.17) is 33.2 Å². The van der Waals surface area contributed by atoms with Gasteiger partial charge >= 0.3 is 0 Å². The maximum absolute atomic E-state index is 13.2. The summed E-state index contributed by atoms with van der Waals surface area (Å²) in [6.07, 6.45) is 11.5. The van der Waals surface area contributed by atoms with Crippen molar-refractivity contribution in [2.45, 2.75) is 96.4 Å². The number of unbranched alkanes of at least 4 members (excludes halogenated alkanes) is 7. The quantitative estimate of drug-likeness (QED) is 0.0654. The van der Waals surface area contributed by atoms with Gasteiger partial charge < -0.3 is 38.5 Å². The molecule has 0 spiro atoms. The molecule has 2 heterocycles. The number of amides is 5. The lowest BCUT2D eigenvalue weighted by molar-refractivity contribution is -0.136. The second kappa shape index (κ2) is 29.1. The number of nitrogens with one attached hydrogen (secondary N) is 2. The van der Waals surface area contributed by atoms with Crippen LogP contribution in [0.5, 0.6) is 5.75 Å². The highest BCUT2D eigenvalue weighted by Gasteiger charge is 2.45. The fraction of sp³-hybridized carbons (Fsp3) is 0.622. The Morgan fingerprint density at radius 2 is 1.22 bits per heavy atom. The summed E-state index contributed by atoms with van der Waals surface area (Å²) in [5, 5.41) is 4.92. The first kappa shape index (κ1) is 48.4. The summed E-state index contributed by atoms with van der Waals surface area (Å²) >= 11 is 0. The average Bonchev–Trinajstić information content (AvgIpc) is 3.50. The Bertz CT molecular complexity index is 1600. The van der Waals surface area contributed by atoms with E-state index in [1.807, 2.05) is 12.1 Å². The van der Waals surface area contributed by atoms with Crippen LogP contribution in [0.2, 0.25) is 0 Å². The van der Waals surface area contributed by atoms with Crippen LogP contribution in [0.15, 0.2) is 42.5 Å². The number of hydrogen-bond donors (Lipinski definition) is 2. The fourth-order valence-corrected chi connectivity index (χ4v) is 6.78. The SMILES string of the molecule is CCCCCCCCc1ccc(OCCOCCOCCOCCOCCOCCOCCCCCC(=O)Nc2cccc3c2C(=O)N(C2CCC(=O)NC2=O)C3=O)cc1. The summed E-state index contributed by atoms with van der Waals surface area (Å²) in [5.41, 5.74) is 1.76. The molecule has 2 aliphatic rings. The minimum absolute atomic E-state index is 0.0309. The summed E-state index contributed by atoms with van der Waals surface area (Å²) in [4.78, 5) is 63.6. The Balaban J connectivity index is 0.866. The Morgan fingerprint density at radius 3 is 1.83 bits per heavy atom. The van der Waals surface area contributed by atoms with Gasteiger partial charge in [-0.05, 0) is 61.9 Å². The predicted molar refractivity (Wildman–Crippen MR) is 224 cm³/mol. The van der Waals surface area contributed by atoms with Gasteiger partial charge in [-0.25, -0.2) is 0 Å². The Labute approximate surface area is 354 Å². The monoisotopic (exact) mass is 839 g/mol. The number of rotatable bonds is 34. The number of hydrogen-bond acceptors (Lipinski definition) is 12. The van der Waals surface area contributed by atoms with Crippen molar-refractivity contribution in [2.24, 2.45) is 0 Å². The summed E-state index contributed by atoms with van der Waals surface area (Å²) in [6, 6.07) is 11.9. The zero-order chi connectivity index (χ0) is 42.6. The van der Waals surface area contributed by atoms with Crippen LogP contribution < -0.4 is 15.4 Å². The van der Waals surface area contributed by atoms with E-state index >= 15 is 0 Å². The third kappa shape index (κ3) is 17.8. The van der Waals surface area contributed by atoms with E-state index in [9.17, 15) is 24.0 Å². The van der Waals surface area contributed by atoms with Crippen LogP contribution in [0.25, 0.3) is 0 Å². The fourth-order valence-electron chi connectivity index (χ4n) is 6.78. The zero-order valence-corrected chi connectivity index (χ0v) is 35.3. The highest BCUT2D eigenvalue weighted by atomic mass is 16.6. The molecule has 4 rings (SSSR count). The topological polar surface area (TPSA) is 177 Å². The standard InChI is InChI=1S/C45H65N3O12/c1-2-3-4-5-6-8-12-35-16-18-36(19-17-35)60-34-33-59-32-31-58-30-29-57-28-27-56-26-25-55-24-23-54-22-10-7-9-15-40(49)46-38-14-11-13-37-42(38)45(53)48(44(37)52)39-20-21-41(50)47-43(39)51/h11,13-14,16-19,39H,2-10,12,15,20-34H2,1H3,(H,46,49)(H,47,50,51). The number of piperidine rings is 1. The first-order valence-electron chi connectivity index (χ1n) is 21.7. The van der Waals surface area contributed by atoms with Crippen LogP contribution in [0.1, 0.15) is 110 Å². The van der Waals surface area contributed by atoms with Crippen molar-refractivity contribution in [1.82, 2.24) is 10.2 Å². The minimum Gasteiger partial charge on any atom is -0.491 e. The van der Waals surface area contributed by atoms with Gasteiger partial charge in [0.15, 0.2) is 0 Å². The lowest BCUT2D eigenvalue weighted by Crippen LogP contribution is -2.54. The van der Waals surface area contributed by atoms with E-state index in [2.05, 4.69) is 29.7 Å². The second-order valence-electron chi connectivity index (χ2n) is 14.7. The molecular weight excluding hydrogens is 775 g/mol. The van der Waals surface area contributed by atoms with Crippen LogP contribution in [-0.2, 0) is 49.2 Å². The normalized spacial score (nSPS) is 15.1. The molecule has 0 radical (unpaired) electrons. The van der Waals surface area contributed by atoms with Gasteiger partial charge in [-0.2, -0.15) is 0 Å². The summed E-state index contributed by atoms with van der Waals surface area (Å²) in [5.74, 6) is -1.83. The van der Waals surface area contributed by atoms with Crippen molar-refractivity contribution < 1.29 is 57.1 Å². The summed E-state index contributed by atoms with van der Waals surface area (Å²) < 4.78 is 39.1. The van der Waals surface area contributed by atoms with Crippen LogP contribution in [-0.4, -0.2) is 126 Å². The lowest BCUT2D eigenvalue weighted by Gasteiger charge is -2.27. The first-order chi connectivity index (χ1) is 29.4. The van der Waals surface area contributed by atoms with Crippen molar-refractivity contribution in [3.05, 3.63) is 59.2 Å². The minimum atomic E-state index is -1.07. The number of nitrogens with zero attached hydrogens (tertiary/aromatic N) is 1.